The van der Waals surface area contributed by atoms with E-state index >= 15 is 0 Å². The van der Waals surface area contributed by atoms with E-state index in [4.69, 9.17) is 22.7 Å². The molecule has 1 atom stereocenters. The fourth-order valence-corrected chi connectivity index (χ4v) is 1.36. The minimum Gasteiger partial charge on any atom is -0.471 e. The van der Waals surface area contributed by atoms with Crippen LogP contribution in [0.2, 0.25) is 0 Å². The molecule has 1 aromatic rings. The molecule has 0 amide bonds. The maximum atomic E-state index is 5.68. The molecule has 0 radical (unpaired) electrons. The highest BCUT2D eigenvalue weighted by Gasteiger charge is 2.07. The lowest BCUT2D eigenvalue weighted by Gasteiger charge is -2.19. The molecule has 3 nitrogen and oxygen atoms in total. The smallest absolute Gasteiger partial charge is 0.171 e. The molecule has 82 valence electrons. The van der Waals surface area contributed by atoms with Gasteiger partial charge in [0.25, 0.3) is 0 Å². The molecule has 1 rings (SSSR count). The maximum absolute atomic E-state index is 5.68. The second-order valence-electron chi connectivity index (χ2n) is 3.34. The van der Waals surface area contributed by atoms with Crippen molar-refractivity contribution >= 4 is 17.3 Å². The van der Waals surface area contributed by atoms with Gasteiger partial charge in [-0.3, -0.25) is 0 Å². The lowest BCUT2D eigenvalue weighted by molar-refractivity contribution is 0.183. The van der Waals surface area contributed by atoms with Crippen LogP contribution in [0.15, 0.2) is 24.3 Å². The van der Waals surface area contributed by atoms with E-state index in [0.29, 0.717) is 0 Å². The summed E-state index contributed by atoms with van der Waals surface area (Å²) in [5.74, 6) is 0.825. The highest BCUT2D eigenvalue weighted by molar-refractivity contribution is 7.80. The van der Waals surface area contributed by atoms with Crippen LogP contribution in [-0.4, -0.2) is 11.3 Å². The van der Waals surface area contributed by atoms with Crippen LogP contribution >= 0.6 is 12.2 Å². The fourth-order valence-electron chi connectivity index (χ4n) is 1.23. The van der Waals surface area contributed by atoms with Gasteiger partial charge in [-0.1, -0.05) is 19.1 Å². The summed E-state index contributed by atoms with van der Waals surface area (Å²) in [4.78, 5) is 0. The summed E-state index contributed by atoms with van der Waals surface area (Å²) in [5, 5.41) is 3.14. The van der Waals surface area contributed by atoms with Crippen LogP contribution in [0, 0.1) is 6.92 Å². The van der Waals surface area contributed by atoms with Gasteiger partial charge in [0.2, 0.25) is 0 Å². The number of aryl methyl sites for hydroxylation is 1. The standard InChI is InChI=1S/C11H16N2OS/c1-3-10(13-11(12)15)14-9-6-4-5-8(2)7-9/h4-7,10H,3H2,1-2H3,(H3,12,13,15)/t10-/m0/s1. The van der Waals surface area contributed by atoms with Gasteiger partial charge < -0.3 is 15.8 Å². The quantitative estimate of drug-likeness (QED) is 0.606. The molecule has 0 aliphatic carbocycles. The van der Waals surface area contributed by atoms with Gasteiger partial charge in [-0.05, 0) is 36.8 Å². The van der Waals surface area contributed by atoms with E-state index in [-0.39, 0.29) is 11.3 Å². The summed E-state index contributed by atoms with van der Waals surface area (Å²) in [5.41, 5.74) is 6.56. The first kappa shape index (κ1) is 11.8. The van der Waals surface area contributed by atoms with Crippen LogP contribution in [0.3, 0.4) is 0 Å². The Labute approximate surface area is 95.6 Å². The lowest BCUT2D eigenvalue weighted by Crippen LogP contribution is -2.41. The molecule has 0 spiro atoms. The Kier molecular flexibility index (Phi) is 4.37. The average molecular weight is 224 g/mol. The molecule has 0 saturated heterocycles. The number of nitrogens with two attached hydrogens (primary N) is 1. The summed E-state index contributed by atoms with van der Waals surface area (Å²) < 4.78 is 5.68. The van der Waals surface area contributed by atoms with Gasteiger partial charge in [0, 0.05) is 6.42 Å². The van der Waals surface area contributed by atoms with Gasteiger partial charge in [0.1, 0.15) is 5.75 Å². The minimum absolute atomic E-state index is 0.163. The molecule has 3 N–H and O–H groups in total. The Hall–Kier alpha value is -1.29. The fraction of sp³-hybridized carbons (Fsp3) is 0.364. The molecular formula is C11H16N2OS. The van der Waals surface area contributed by atoms with E-state index in [0.717, 1.165) is 17.7 Å². The second kappa shape index (κ2) is 5.56. The highest BCUT2D eigenvalue weighted by atomic mass is 32.1. The Bertz CT molecular complexity index is 341. The van der Waals surface area contributed by atoms with E-state index in [1.807, 2.05) is 38.1 Å². The summed E-state index contributed by atoms with van der Waals surface area (Å²) >= 11 is 4.77. The number of ether oxygens (including phenoxy) is 1. The number of hydrogen-bond acceptors (Lipinski definition) is 2. The Morgan fingerprint density at radius 2 is 2.33 bits per heavy atom. The van der Waals surface area contributed by atoms with E-state index < -0.39 is 0 Å². The predicted octanol–water partition coefficient (Wildman–Crippen LogP) is 1.94. The minimum atomic E-state index is -0.163. The third kappa shape index (κ3) is 4.16. The molecule has 0 heterocycles. The van der Waals surface area contributed by atoms with Crippen LogP contribution in [-0.2, 0) is 0 Å². The molecule has 0 bridgehead atoms. The van der Waals surface area contributed by atoms with Crippen LogP contribution in [0.25, 0.3) is 0 Å². The second-order valence-corrected chi connectivity index (χ2v) is 3.78. The number of benzene rings is 1. The van der Waals surface area contributed by atoms with Crippen molar-refractivity contribution in [2.24, 2.45) is 5.73 Å². The van der Waals surface area contributed by atoms with Gasteiger partial charge in [-0.2, -0.15) is 0 Å². The van der Waals surface area contributed by atoms with Gasteiger partial charge in [-0.15, -0.1) is 0 Å². The van der Waals surface area contributed by atoms with Crippen LogP contribution in [0.1, 0.15) is 18.9 Å². The molecular weight excluding hydrogens is 208 g/mol. The molecule has 1 aromatic carbocycles. The molecule has 4 heteroatoms. The third-order valence-electron chi connectivity index (χ3n) is 1.94. The van der Waals surface area contributed by atoms with Crippen molar-refractivity contribution in [3.63, 3.8) is 0 Å². The Morgan fingerprint density at radius 3 is 2.87 bits per heavy atom. The zero-order chi connectivity index (χ0) is 11.3. The lowest BCUT2D eigenvalue weighted by atomic mass is 10.2. The van der Waals surface area contributed by atoms with Gasteiger partial charge in [0.15, 0.2) is 11.3 Å². The number of hydrogen-bond donors (Lipinski definition) is 2. The normalized spacial score (nSPS) is 11.9. The van der Waals surface area contributed by atoms with Crippen molar-refractivity contribution in [1.82, 2.24) is 5.32 Å². The van der Waals surface area contributed by atoms with Crippen molar-refractivity contribution < 1.29 is 4.74 Å². The summed E-state index contributed by atoms with van der Waals surface area (Å²) in [6.07, 6.45) is 0.634. The van der Waals surface area contributed by atoms with Gasteiger partial charge >= 0.3 is 0 Å². The van der Waals surface area contributed by atoms with Crippen molar-refractivity contribution in [3.8, 4) is 5.75 Å². The zero-order valence-corrected chi connectivity index (χ0v) is 9.80. The molecule has 0 unspecified atom stereocenters. The molecule has 0 saturated carbocycles. The van der Waals surface area contributed by atoms with E-state index in [9.17, 15) is 0 Å². The molecule has 15 heavy (non-hydrogen) atoms. The van der Waals surface area contributed by atoms with E-state index in [1.165, 1.54) is 0 Å². The Balaban J connectivity index is 2.62. The van der Waals surface area contributed by atoms with Crippen molar-refractivity contribution in [2.75, 3.05) is 0 Å². The number of rotatable bonds is 4. The van der Waals surface area contributed by atoms with E-state index in [1.54, 1.807) is 0 Å². The topological polar surface area (TPSA) is 47.3 Å². The largest absolute Gasteiger partial charge is 0.471 e. The molecule has 0 fully saturated rings. The number of nitrogens with one attached hydrogen (secondary N) is 1. The summed E-state index contributed by atoms with van der Waals surface area (Å²) in [6, 6.07) is 7.87. The molecule has 0 aromatic heterocycles. The molecule has 0 aliphatic heterocycles. The van der Waals surface area contributed by atoms with E-state index in [2.05, 4.69) is 5.32 Å². The third-order valence-corrected chi connectivity index (χ3v) is 2.06. The first-order valence-corrected chi connectivity index (χ1v) is 5.32. The Morgan fingerprint density at radius 1 is 1.60 bits per heavy atom. The van der Waals surface area contributed by atoms with Gasteiger partial charge in [0.05, 0.1) is 0 Å². The summed E-state index contributed by atoms with van der Waals surface area (Å²) in [7, 11) is 0. The molecule has 0 aliphatic rings. The first-order chi connectivity index (χ1) is 7.11. The van der Waals surface area contributed by atoms with Crippen molar-refractivity contribution in [1.29, 1.82) is 0 Å². The summed E-state index contributed by atoms with van der Waals surface area (Å²) in [6.45, 7) is 4.03. The first-order valence-electron chi connectivity index (χ1n) is 4.91. The number of thiocarbonyl (C=S) groups is 1. The maximum Gasteiger partial charge on any atom is 0.171 e. The predicted molar refractivity (Wildman–Crippen MR) is 65.8 cm³/mol. The van der Waals surface area contributed by atoms with Gasteiger partial charge in [-0.25, -0.2) is 0 Å². The highest BCUT2D eigenvalue weighted by Crippen LogP contribution is 2.14. The van der Waals surface area contributed by atoms with Crippen LogP contribution in [0.4, 0.5) is 0 Å². The van der Waals surface area contributed by atoms with Crippen molar-refractivity contribution in [2.45, 2.75) is 26.5 Å². The SMILES string of the molecule is CC[C@@H](NC(N)=S)Oc1cccc(C)c1. The monoisotopic (exact) mass is 224 g/mol. The zero-order valence-electron chi connectivity index (χ0n) is 8.99. The average Bonchev–Trinajstić information content (AvgIpc) is 2.16. The van der Waals surface area contributed by atoms with Crippen LogP contribution in [0.5, 0.6) is 5.75 Å². The van der Waals surface area contributed by atoms with Crippen molar-refractivity contribution in [3.05, 3.63) is 29.8 Å². The van der Waals surface area contributed by atoms with Crippen LogP contribution < -0.4 is 15.8 Å².